The van der Waals surface area contributed by atoms with E-state index in [-0.39, 0.29) is 6.61 Å². The molecule has 4 nitrogen and oxygen atoms in total. The van der Waals surface area contributed by atoms with Crippen molar-refractivity contribution in [1.29, 1.82) is 5.26 Å². The maximum atomic E-state index is 10.1. The topological polar surface area (TPSA) is 66.1 Å². The van der Waals surface area contributed by atoms with E-state index in [2.05, 4.69) is 11.1 Å². The van der Waals surface area contributed by atoms with Gasteiger partial charge in [0.25, 0.3) is 0 Å². The van der Waals surface area contributed by atoms with E-state index in [0.717, 1.165) is 35.5 Å². The number of fused-ring (bicyclic) bond motifs is 1. The maximum absolute atomic E-state index is 10.1. The van der Waals surface area contributed by atoms with E-state index in [9.17, 15) is 10.4 Å². The van der Waals surface area contributed by atoms with Crippen LogP contribution in [0.2, 0.25) is 0 Å². The highest BCUT2D eigenvalue weighted by Gasteiger charge is 2.16. The molecule has 0 radical (unpaired) electrons. The number of aliphatic hydroxyl groups excluding tert-OH is 1. The van der Waals surface area contributed by atoms with E-state index in [1.807, 2.05) is 36.4 Å². The molecular formula is C20H22N2O2S. The van der Waals surface area contributed by atoms with Crippen molar-refractivity contribution in [2.24, 2.45) is 0 Å². The van der Waals surface area contributed by atoms with Crippen LogP contribution >= 0.6 is 11.8 Å². The van der Waals surface area contributed by atoms with E-state index in [0.29, 0.717) is 17.9 Å². The molecule has 0 amide bonds. The second-order valence-corrected chi connectivity index (χ2v) is 7.24. The minimum atomic E-state index is -0.585. The Balaban J connectivity index is 1.51. The lowest BCUT2D eigenvalue weighted by molar-refractivity contribution is 0.0398. The van der Waals surface area contributed by atoms with Gasteiger partial charge in [-0.3, -0.25) is 0 Å². The number of pyridine rings is 1. The third kappa shape index (κ3) is 5.05. The van der Waals surface area contributed by atoms with Crippen molar-refractivity contribution in [2.75, 3.05) is 12.4 Å². The molecule has 0 saturated carbocycles. The minimum Gasteiger partial charge on any atom is -0.390 e. The lowest BCUT2D eigenvalue weighted by atomic mass is 9.95. The van der Waals surface area contributed by atoms with Crippen molar-refractivity contribution in [2.45, 2.75) is 43.4 Å². The first kappa shape index (κ1) is 17.9. The standard InChI is InChI=1S/C20H22N2O2S/c21-11-17-10-16-8-4-5-9-19(16)22-20(17)25-14-18(23)13-24-12-15-6-2-1-3-7-15/h1-3,6-7,10,18,23H,4-5,8-9,12-14H2. The normalized spacial score (nSPS) is 14.6. The summed E-state index contributed by atoms with van der Waals surface area (Å²) in [5.41, 5.74) is 4.02. The fourth-order valence-electron chi connectivity index (χ4n) is 2.92. The fraction of sp³-hybridized carbons (Fsp3) is 0.400. The predicted molar refractivity (Wildman–Crippen MR) is 98.4 cm³/mol. The molecule has 1 aliphatic rings. The van der Waals surface area contributed by atoms with Crippen molar-refractivity contribution in [1.82, 2.24) is 4.98 Å². The van der Waals surface area contributed by atoms with Gasteiger partial charge in [-0.15, -0.1) is 11.8 Å². The molecule has 3 rings (SSSR count). The molecule has 1 N–H and O–H groups in total. The van der Waals surface area contributed by atoms with Crippen LogP contribution in [0, 0.1) is 11.3 Å². The van der Waals surface area contributed by atoms with Gasteiger partial charge in [-0.05, 0) is 42.9 Å². The Labute approximate surface area is 152 Å². The highest BCUT2D eigenvalue weighted by Crippen LogP contribution is 2.27. The summed E-state index contributed by atoms with van der Waals surface area (Å²) >= 11 is 1.44. The average molecular weight is 354 g/mol. The number of aromatic nitrogens is 1. The van der Waals surface area contributed by atoms with E-state index in [1.54, 1.807) is 0 Å². The largest absolute Gasteiger partial charge is 0.390 e. The number of hydrogen-bond acceptors (Lipinski definition) is 5. The molecule has 0 bridgehead atoms. The number of thioether (sulfide) groups is 1. The van der Waals surface area contributed by atoms with Gasteiger partial charge >= 0.3 is 0 Å². The van der Waals surface area contributed by atoms with E-state index in [1.165, 1.54) is 23.7 Å². The molecule has 1 aromatic carbocycles. The second kappa shape index (κ2) is 9.00. The summed E-state index contributed by atoms with van der Waals surface area (Å²) in [5.74, 6) is 0.468. The minimum absolute atomic E-state index is 0.273. The molecule has 1 heterocycles. The molecular weight excluding hydrogens is 332 g/mol. The van der Waals surface area contributed by atoms with Crippen molar-refractivity contribution in [3.8, 4) is 6.07 Å². The first-order chi connectivity index (χ1) is 12.3. The van der Waals surface area contributed by atoms with E-state index in [4.69, 9.17) is 4.74 Å². The predicted octanol–water partition coefficient (Wildman–Crippen LogP) is 3.50. The zero-order valence-corrected chi connectivity index (χ0v) is 15.0. The van der Waals surface area contributed by atoms with Crippen LogP contribution < -0.4 is 0 Å². The van der Waals surface area contributed by atoms with Crippen LogP contribution in [0.4, 0.5) is 0 Å². The lowest BCUT2D eigenvalue weighted by Crippen LogP contribution is -2.18. The highest BCUT2D eigenvalue weighted by molar-refractivity contribution is 7.99. The van der Waals surface area contributed by atoms with E-state index >= 15 is 0 Å². The van der Waals surface area contributed by atoms with Crippen molar-refractivity contribution < 1.29 is 9.84 Å². The number of ether oxygens (including phenoxy) is 1. The van der Waals surface area contributed by atoms with Crippen LogP contribution in [0.5, 0.6) is 0 Å². The van der Waals surface area contributed by atoms with Crippen LogP contribution in [-0.4, -0.2) is 28.6 Å². The zero-order chi connectivity index (χ0) is 17.5. The van der Waals surface area contributed by atoms with Gasteiger partial charge in [0, 0.05) is 11.4 Å². The molecule has 2 aromatic rings. The smallest absolute Gasteiger partial charge is 0.114 e. The summed E-state index contributed by atoms with van der Waals surface area (Å²) in [6.45, 7) is 0.762. The number of benzene rings is 1. The quantitative estimate of drug-likeness (QED) is 0.771. The summed E-state index contributed by atoms with van der Waals surface area (Å²) < 4.78 is 5.57. The molecule has 0 fully saturated rings. The van der Waals surface area contributed by atoms with Crippen LogP contribution in [-0.2, 0) is 24.2 Å². The molecule has 1 aromatic heterocycles. The number of hydrogen-bond donors (Lipinski definition) is 1. The zero-order valence-electron chi connectivity index (χ0n) is 14.1. The van der Waals surface area contributed by atoms with Gasteiger partial charge in [0.2, 0.25) is 0 Å². The van der Waals surface area contributed by atoms with E-state index < -0.39 is 6.10 Å². The Morgan fingerprint density at radius 1 is 1.24 bits per heavy atom. The number of rotatable bonds is 7. The molecule has 0 aliphatic heterocycles. The fourth-order valence-corrected chi connectivity index (χ4v) is 3.80. The van der Waals surface area contributed by atoms with Crippen LogP contribution in [0.25, 0.3) is 0 Å². The van der Waals surface area contributed by atoms with Gasteiger partial charge in [0.1, 0.15) is 11.1 Å². The van der Waals surface area contributed by atoms with Crippen molar-refractivity contribution in [3.05, 3.63) is 58.8 Å². The average Bonchev–Trinajstić information content (AvgIpc) is 2.66. The number of nitrogens with zero attached hydrogens (tertiary/aromatic N) is 2. The highest BCUT2D eigenvalue weighted by atomic mass is 32.2. The summed E-state index contributed by atoms with van der Waals surface area (Å²) in [6.07, 6.45) is 3.74. The van der Waals surface area contributed by atoms with Gasteiger partial charge in [0.15, 0.2) is 0 Å². The van der Waals surface area contributed by atoms with Crippen LogP contribution in [0.1, 0.15) is 35.2 Å². The number of aliphatic hydroxyl groups is 1. The molecule has 0 saturated heterocycles. The van der Waals surface area contributed by atoms with Gasteiger partial charge in [-0.1, -0.05) is 30.3 Å². The maximum Gasteiger partial charge on any atom is 0.114 e. The molecule has 5 heteroatoms. The second-order valence-electron chi connectivity index (χ2n) is 6.23. The Kier molecular flexibility index (Phi) is 6.46. The Morgan fingerprint density at radius 3 is 2.84 bits per heavy atom. The third-order valence-electron chi connectivity index (χ3n) is 4.22. The van der Waals surface area contributed by atoms with Crippen LogP contribution in [0.3, 0.4) is 0 Å². The molecule has 130 valence electrons. The Hall–Kier alpha value is -1.87. The summed E-state index contributed by atoms with van der Waals surface area (Å²) in [4.78, 5) is 4.67. The lowest BCUT2D eigenvalue weighted by Gasteiger charge is -2.17. The van der Waals surface area contributed by atoms with Crippen molar-refractivity contribution >= 4 is 11.8 Å². The molecule has 1 aliphatic carbocycles. The molecule has 0 spiro atoms. The summed E-state index contributed by atoms with van der Waals surface area (Å²) in [7, 11) is 0. The Morgan fingerprint density at radius 2 is 2.04 bits per heavy atom. The summed E-state index contributed by atoms with van der Waals surface area (Å²) in [6, 6.07) is 14.1. The third-order valence-corrected chi connectivity index (χ3v) is 5.36. The SMILES string of the molecule is N#Cc1cc2c(nc1SCC(O)COCc1ccccc1)CCCC2. The van der Waals surface area contributed by atoms with Gasteiger partial charge in [-0.25, -0.2) is 4.98 Å². The molecule has 25 heavy (non-hydrogen) atoms. The van der Waals surface area contributed by atoms with Crippen molar-refractivity contribution in [3.63, 3.8) is 0 Å². The van der Waals surface area contributed by atoms with Crippen LogP contribution in [0.15, 0.2) is 41.4 Å². The Bertz CT molecular complexity index is 743. The monoisotopic (exact) mass is 354 g/mol. The number of nitriles is 1. The van der Waals surface area contributed by atoms with Gasteiger partial charge in [0.05, 0.1) is 24.9 Å². The molecule has 1 unspecified atom stereocenters. The first-order valence-electron chi connectivity index (χ1n) is 8.61. The number of aryl methyl sites for hydroxylation is 2. The first-order valence-corrected chi connectivity index (χ1v) is 9.60. The van der Waals surface area contributed by atoms with Gasteiger partial charge < -0.3 is 9.84 Å². The molecule has 1 atom stereocenters. The summed E-state index contributed by atoms with van der Waals surface area (Å²) in [5, 5.41) is 20.2. The van der Waals surface area contributed by atoms with Gasteiger partial charge in [-0.2, -0.15) is 5.26 Å².